The summed E-state index contributed by atoms with van der Waals surface area (Å²) < 4.78 is 9.97. The van der Waals surface area contributed by atoms with E-state index in [9.17, 15) is 9.59 Å². The maximum absolute atomic E-state index is 11.6. The van der Waals surface area contributed by atoms with E-state index in [1.54, 1.807) is 24.4 Å². The summed E-state index contributed by atoms with van der Waals surface area (Å²) in [6, 6.07) is 4.58. The molecule has 0 unspecified atom stereocenters. The quantitative estimate of drug-likeness (QED) is 0.750. The first-order valence-corrected chi connectivity index (χ1v) is 5.40. The highest BCUT2D eigenvalue weighted by Gasteiger charge is 2.14. The van der Waals surface area contributed by atoms with Gasteiger partial charge in [0.2, 0.25) is 11.2 Å². The maximum Gasteiger partial charge on any atom is 0.353 e. The van der Waals surface area contributed by atoms with E-state index >= 15 is 0 Å². The van der Waals surface area contributed by atoms with Crippen molar-refractivity contribution >= 4 is 17.3 Å². The molecule has 0 saturated carbocycles. The summed E-state index contributed by atoms with van der Waals surface area (Å²) in [4.78, 5) is 23.4. The molecule has 0 aliphatic carbocycles. The smallest absolute Gasteiger partial charge is 0.353 e. The number of esters is 1. The lowest BCUT2D eigenvalue weighted by Gasteiger charge is -2.03. The first kappa shape index (κ1) is 10.6. The minimum Gasteiger partial charge on any atom is -0.465 e. The van der Waals surface area contributed by atoms with Crippen LogP contribution in [0, 0.1) is 6.92 Å². The van der Waals surface area contributed by atoms with Gasteiger partial charge in [-0.15, -0.1) is 11.3 Å². The standard InChI is InChI=1S/C11H8O4S/c1-7-10(8(12)4-5-14-7)15-11(13)9-3-2-6-16-9/h2-6H,1H3. The summed E-state index contributed by atoms with van der Waals surface area (Å²) in [5.41, 5.74) is -0.367. The summed E-state index contributed by atoms with van der Waals surface area (Å²) in [6.45, 7) is 1.57. The molecular formula is C11H8O4S. The number of hydrogen-bond acceptors (Lipinski definition) is 5. The third kappa shape index (κ3) is 2.04. The van der Waals surface area contributed by atoms with Gasteiger partial charge < -0.3 is 9.15 Å². The Hall–Kier alpha value is -1.88. The number of carbonyl (C=O) groups is 1. The van der Waals surface area contributed by atoms with Crippen molar-refractivity contribution in [3.63, 3.8) is 0 Å². The predicted octanol–water partition coefficient (Wildman–Crippen LogP) is 2.23. The molecule has 5 heteroatoms. The summed E-state index contributed by atoms with van der Waals surface area (Å²) >= 11 is 1.25. The van der Waals surface area contributed by atoms with Crippen molar-refractivity contribution < 1.29 is 13.9 Å². The molecule has 2 rings (SSSR count). The Morgan fingerprint density at radius 2 is 2.25 bits per heavy atom. The highest BCUT2D eigenvalue weighted by atomic mass is 32.1. The second kappa shape index (κ2) is 4.32. The van der Waals surface area contributed by atoms with Crippen LogP contribution in [0.4, 0.5) is 0 Å². The Labute approximate surface area is 95.1 Å². The number of thiophene rings is 1. The minimum absolute atomic E-state index is 0.0547. The van der Waals surface area contributed by atoms with E-state index in [-0.39, 0.29) is 16.9 Å². The Morgan fingerprint density at radius 1 is 1.44 bits per heavy atom. The van der Waals surface area contributed by atoms with E-state index in [4.69, 9.17) is 9.15 Å². The zero-order valence-electron chi connectivity index (χ0n) is 8.43. The summed E-state index contributed by atoms with van der Waals surface area (Å²) in [5.74, 6) is -0.310. The van der Waals surface area contributed by atoms with Crippen molar-refractivity contribution in [2.24, 2.45) is 0 Å². The van der Waals surface area contributed by atoms with Gasteiger partial charge >= 0.3 is 5.97 Å². The summed E-state index contributed by atoms with van der Waals surface area (Å²) in [7, 11) is 0. The van der Waals surface area contributed by atoms with Crippen molar-refractivity contribution in [1.82, 2.24) is 0 Å². The molecule has 4 nitrogen and oxygen atoms in total. The number of rotatable bonds is 2. The molecule has 0 N–H and O–H groups in total. The van der Waals surface area contributed by atoms with Gasteiger partial charge in [-0.3, -0.25) is 4.79 Å². The number of carbonyl (C=O) groups excluding carboxylic acids is 1. The van der Waals surface area contributed by atoms with Gasteiger partial charge in [-0.05, 0) is 18.4 Å². The fraction of sp³-hybridized carbons (Fsp3) is 0.0909. The first-order chi connectivity index (χ1) is 7.68. The molecule has 0 bridgehead atoms. The van der Waals surface area contributed by atoms with E-state index < -0.39 is 5.97 Å². The normalized spacial score (nSPS) is 10.1. The Balaban J connectivity index is 2.28. The highest BCUT2D eigenvalue weighted by molar-refractivity contribution is 7.12. The van der Waals surface area contributed by atoms with Crippen molar-refractivity contribution in [2.45, 2.75) is 6.92 Å². The molecule has 0 saturated heterocycles. The average molecular weight is 236 g/mol. The molecule has 0 spiro atoms. The minimum atomic E-state index is -0.545. The Kier molecular flexibility index (Phi) is 2.87. The van der Waals surface area contributed by atoms with E-state index in [2.05, 4.69) is 0 Å². The van der Waals surface area contributed by atoms with Crippen LogP contribution in [0.1, 0.15) is 15.4 Å². The van der Waals surface area contributed by atoms with Gasteiger partial charge in [0, 0.05) is 6.07 Å². The van der Waals surface area contributed by atoms with Gasteiger partial charge in [-0.2, -0.15) is 0 Å². The van der Waals surface area contributed by atoms with Crippen LogP contribution < -0.4 is 10.2 Å². The van der Waals surface area contributed by atoms with Gasteiger partial charge in [0.15, 0.2) is 0 Å². The van der Waals surface area contributed by atoms with Crippen LogP contribution in [0.5, 0.6) is 5.75 Å². The number of hydrogen-bond donors (Lipinski definition) is 0. The van der Waals surface area contributed by atoms with E-state index in [1.165, 1.54) is 23.7 Å². The highest BCUT2D eigenvalue weighted by Crippen LogP contribution is 2.15. The number of aryl methyl sites for hydroxylation is 1. The molecule has 2 aromatic rings. The van der Waals surface area contributed by atoms with Gasteiger partial charge in [0.1, 0.15) is 10.6 Å². The lowest BCUT2D eigenvalue weighted by Crippen LogP contribution is -2.14. The maximum atomic E-state index is 11.6. The first-order valence-electron chi connectivity index (χ1n) is 4.52. The van der Waals surface area contributed by atoms with Crippen LogP contribution in [-0.2, 0) is 0 Å². The van der Waals surface area contributed by atoms with Gasteiger partial charge in [-0.25, -0.2) is 4.79 Å². The molecule has 0 amide bonds. The van der Waals surface area contributed by atoms with Crippen LogP contribution >= 0.6 is 11.3 Å². The lowest BCUT2D eigenvalue weighted by molar-refractivity contribution is 0.0732. The molecule has 16 heavy (non-hydrogen) atoms. The third-order valence-corrected chi connectivity index (χ3v) is 2.77. The fourth-order valence-electron chi connectivity index (χ4n) is 1.16. The second-order valence-corrected chi connectivity index (χ2v) is 3.98. The topological polar surface area (TPSA) is 56.5 Å². The Morgan fingerprint density at radius 3 is 2.88 bits per heavy atom. The zero-order chi connectivity index (χ0) is 11.5. The van der Waals surface area contributed by atoms with Crippen molar-refractivity contribution in [2.75, 3.05) is 0 Å². The van der Waals surface area contributed by atoms with E-state index in [1.807, 2.05) is 0 Å². The van der Waals surface area contributed by atoms with Gasteiger partial charge in [-0.1, -0.05) is 6.07 Å². The third-order valence-electron chi connectivity index (χ3n) is 1.92. The fourth-order valence-corrected chi connectivity index (χ4v) is 1.76. The molecule has 0 atom stereocenters. The summed E-state index contributed by atoms with van der Waals surface area (Å²) in [5, 5.41) is 1.76. The average Bonchev–Trinajstić information content (AvgIpc) is 2.76. The molecule has 82 valence electrons. The molecule has 2 aromatic heterocycles. The number of ether oxygens (including phenoxy) is 1. The van der Waals surface area contributed by atoms with Crippen molar-refractivity contribution in [3.8, 4) is 5.75 Å². The molecule has 0 aliphatic rings. The molecular weight excluding hydrogens is 228 g/mol. The summed E-state index contributed by atoms with van der Waals surface area (Å²) in [6.07, 6.45) is 1.26. The van der Waals surface area contributed by atoms with Gasteiger partial charge in [0.25, 0.3) is 0 Å². The van der Waals surface area contributed by atoms with Gasteiger partial charge in [0.05, 0.1) is 6.26 Å². The van der Waals surface area contributed by atoms with Crippen molar-refractivity contribution in [3.05, 3.63) is 50.7 Å². The molecule has 0 radical (unpaired) electrons. The van der Waals surface area contributed by atoms with Crippen molar-refractivity contribution in [1.29, 1.82) is 0 Å². The largest absolute Gasteiger partial charge is 0.465 e. The van der Waals surface area contributed by atoms with Crippen LogP contribution in [0.2, 0.25) is 0 Å². The molecule has 0 aliphatic heterocycles. The van der Waals surface area contributed by atoms with Crippen LogP contribution in [0.25, 0.3) is 0 Å². The van der Waals surface area contributed by atoms with E-state index in [0.29, 0.717) is 4.88 Å². The lowest BCUT2D eigenvalue weighted by atomic mass is 10.3. The SMILES string of the molecule is Cc1occc(=O)c1OC(=O)c1cccs1. The Bertz CT molecular complexity index is 554. The molecule has 2 heterocycles. The molecule has 0 aromatic carbocycles. The zero-order valence-corrected chi connectivity index (χ0v) is 9.24. The second-order valence-electron chi connectivity index (χ2n) is 3.04. The van der Waals surface area contributed by atoms with Crippen LogP contribution in [-0.4, -0.2) is 5.97 Å². The van der Waals surface area contributed by atoms with Crippen LogP contribution in [0.15, 0.2) is 39.1 Å². The van der Waals surface area contributed by atoms with E-state index in [0.717, 1.165) is 0 Å². The predicted molar refractivity (Wildman–Crippen MR) is 59.0 cm³/mol. The molecule has 0 fully saturated rings. The monoisotopic (exact) mass is 236 g/mol. The van der Waals surface area contributed by atoms with Crippen LogP contribution in [0.3, 0.4) is 0 Å².